The first kappa shape index (κ1) is 27.4. The van der Waals surface area contributed by atoms with E-state index in [0.29, 0.717) is 36.0 Å². The minimum atomic E-state index is -3.38. The highest BCUT2D eigenvalue weighted by Gasteiger charge is 2.32. The monoisotopic (exact) mass is 494 g/mol. The molecule has 0 aliphatic rings. The van der Waals surface area contributed by atoms with Gasteiger partial charge < -0.3 is 18.6 Å². The van der Waals surface area contributed by atoms with Crippen molar-refractivity contribution in [2.45, 2.75) is 62.9 Å². The highest BCUT2D eigenvalue weighted by molar-refractivity contribution is 7.91. The Hall–Kier alpha value is -1.87. The summed E-state index contributed by atoms with van der Waals surface area (Å²) in [4.78, 5) is 0.347. The molecule has 2 aromatic carbocycles. The molecule has 1 atom stereocenters. The van der Waals surface area contributed by atoms with E-state index in [1.165, 1.54) is 0 Å². The van der Waals surface area contributed by atoms with Gasteiger partial charge in [0.2, 0.25) is 0 Å². The average molecular weight is 495 g/mol. The van der Waals surface area contributed by atoms with Gasteiger partial charge in [-0.3, -0.25) is 0 Å². The number of hydrogen-bond acceptors (Lipinski definition) is 6. The van der Waals surface area contributed by atoms with Crippen LogP contribution in [-0.2, 0) is 25.6 Å². The van der Waals surface area contributed by atoms with Crippen LogP contribution in [0, 0.1) is 0 Å². The Balaban J connectivity index is 2.09. The van der Waals surface area contributed by atoms with Crippen molar-refractivity contribution in [2.24, 2.45) is 0 Å². The lowest BCUT2D eigenvalue weighted by Crippen LogP contribution is -2.42. The van der Waals surface area contributed by atoms with Crippen LogP contribution in [0.15, 0.2) is 53.4 Å². The van der Waals surface area contributed by atoms with Crippen molar-refractivity contribution >= 4 is 18.2 Å². The predicted octanol–water partition coefficient (Wildman–Crippen LogP) is 5.47. The van der Waals surface area contributed by atoms with Gasteiger partial charge in [0.05, 0.1) is 44.2 Å². The van der Waals surface area contributed by atoms with E-state index in [1.807, 2.05) is 24.3 Å². The fourth-order valence-corrected chi connectivity index (χ4v) is 8.11. The van der Waals surface area contributed by atoms with Gasteiger partial charge in [-0.05, 0) is 54.4 Å². The SMILES string of the molecule is CC[Si](CC)(CC)O[C@@H](CCS(=O)(=O)c1ccccc1)COCc1ccc(OC)c(OC)c1. The van der Waals surface area contributed by atoms with Gasteiger partial charge in [0.15, 0.2) is 29.7 Å². The first-order chi connectivity index (χ1) is 15.8. The lowest BCUT2D eigenvalue weighted by Gasteiger charge is -2.33. The molecule has 0 unspecified atom stereocenters. The summed E-state index contributed by atoms with van der Waals surface area (Å²) in [6, 6.07) is 17.2. The molecule has 0 amide bonds. The minimum absolute atomic E-state index is 0.0308. The van der Waals surface area contributed by atoms with Crippen molar-refractivity contribution < 1.29 is 27.1 Å². The zero-order chi connectivity index (χ0) is 24.3. The summed E-state index contributed by atoms with van der Waals surface area (Å²) in [6.07, 6.45) is 0.132. The van der Waals surface area contributed by atoms with E-state index in [-0.39, 0.29) is 11.9 Å². The maximum absolute atomic E-state index is 12.8. The second kappa shape index (κ2) is 13.1. The molecule has 0 saturated heterocycles. The van der Waals surface area contributed by atoms with Crippen LogP contribution in [0.1, 0.15) is 32.8 Å². The maximum atomic E-state index is 12.8. The summed E-state index contributed by atoms with van der Waals surface area (Å²) >= 11 is 0. The summed E-state index contributed by atoms with van der Waals surface area (Å²) in [5, 5.41) is 0. The molecule has 0 radical (unpaired) electrons. The summed E-state index contributed by atoms with van der Waals surface area (Å²) in [7, 11) is -2.10. The number of methoxy groups -OCH3 is 2. The topological polar surface area (TPSA) is 71.1 Å². The van der Waals surface area contributed by atoms with Crippen LogP contribution in [0.25, 0.3) is 0 Å². The molecule has 0 aliphatic carbocycles. The van der Waals surface area contributed by atoms with Crippen molar-refractivity contribution in [3.05, 3.63) is 54.1 Å². The molecule has 2 aromatic rings. The number of hydrogen-bond donors (Lipinski definition) is 0. The smallest absolute Gasteiger partial charge is 0.192 e. The van der Waals surface area contributed by atoms with Gasteiger partial charge in [-0.25, -0.2) is 8.42 Å². The number of ether oxygens (including phenoxy) is 3. The van der Waals surface area contributed by atoms with Crippen LogP contribution in [0.4, 0.5) is 0 Å². The molecule has 184 valence electrons. The minimum Gasteiger partial charge on any atom is -0.493 e. The largest absolute Gasteiger partial charge is 0.493 e. The van der Waals surface area contributed by atoms with E-state index in [9.17, 15) is 8.42 Å². The van der Waals surface area contributed by atoms with Crippen LogP contribution in [-0.4, -0.2) is 49.4 Å². The third-order valence-corrected chi connectivity index (χ3v) is 12.6. The molecular formula is C25H38O6SSi. The molecule has 0 N–H and O–H groups in total. The lowest BCUT2D eigenvalue weighted by molar-refractivity contribution is 0.0342. The molecule has 33 heavy (non-hydrogen) atoms. The van der Waals surface area contributed by atoms with E-state index >= 15 is 0 Å². The van der Waals surface area contributed by atoms with Crippen molar-refractivity contribution in [3.8, 4) is 11.5 Å². The zero-order valence-corrected chi connectivity index (χ0v) is 22.3. The molecule has 0 heterocycles. The number of sulfone groups is 1. The fraction of sp³-hybridized carbons (Fsp3) is 0.520. The quantitative estimate of drug-likeness (QED) is 0.306. The first-order valence-electron chi connectivity index (χ1n) is 11.6. The van der Waals surface area contributed by atoms with Gasteiger partial charge in [-0.1, -0.05) is 45.0 Å². The molecule has 0 aromatic heterocycles. The molecule has 0 fully saturated rings. The summed E-state index contributed by atoms with van der Waals surface area (Å²) in [6.45, 7) is 7.22. The summed E-state index contributed by atoms with van der Waals surface area (Å²) in [5.41, 5.74) is 0.952. The van der Waals surface area contributed by atoms with E-state index in [1.54, 1.807) is 38.5 Å². The third-order valence-electron chi connectivity index (χ3n) is 6.18. The van der Waals surface area contributed by atoms with Crippen molar-refractivity contribution in [1.29, 1.82) is 0 Å². The van der Waals surface area contributed by atoms with Gasteiger partial charge in [0, 0.05) is 0 Å². The number of benzene rings is 2. The van der Waals surface area contributed by atoms with Crippen LogP contribution in [0.2, 0.25) is 18.1 Å². The van der Waals surface area contributed by atoms with Gasteiger partial charge in [-0.2, -0.15) is 0 Å². The van der Waals surface area contributed by atoms with Crippen molar-refractivity contribution in [1.82, 2.24) is 0 Å². The summed E-state index contributed by atoms with van der Waals surface area (Å²) in [5.74, 6) is 1.34. The highest BCUT2D eigenvalue weighted by atomic mass is 32.2. The van der Waals surface area contributed by atoms with E-state index in [0.717, 1.165) is 23.7 Å². The molecule has 0 bridgehead atoms. The van der Waals surface area contributed by atoms with Crippen molar-refractivity contribution in [2.75, 3.05) is 26.6 Å². The standard InChI is InChI=1S/C25H38O6SSi/c1-6-33(7-2,8-3)31-22(16-17-32(26,27)23-12-10-9-11-13-23)20-30-19-21-14-15-24(28-4)25(18-21)29-5/h9-15,18,22H,6-8,16-17,19-20H2,1-5H3/t22-/m0/s1. The van der Waals surface area contributed by atoms with Crippen LogP contribution >= 0.6 is 0 Å². The second-order valence-electron chi connectivity index (χ2n) is 8.11. The Morgan fingerprint density at radius 2 is 1.52 bits per heavy atom. The molecule has 6 nitrogen and oxygen atoms in total. The highest BCUT2D eigenvalue weighted by Crippen LogP contribution is 2.28. The molecule has 8 heteroatoms. The van der Waals surface area contributed by atoms with Crippen LogP contribution < -0.4 is 9.47 Å². The Morgan fingerprint density at radius 1 is 0.879 bits per heavy atom. The Kier molecular flexibility index (Phi) is 10.9. The van der Waals surface area contributed by atoms with Crippen LogP contribution in [0.5, 0.6) is 11.5 Å². The maximum Gasteiger partial charge on any atom is 0.192 e. The molecule has 2 rings (SSSR count). The molecule has 0 spiro atoms. The van der Waals surface area contributed by atoms with Gasteiger partial charge in [0.25, 0.3) is 0 Å². The average Bonchev–Trinajstić information content (AvgIpc) is 2.86. The molecular weight excluding hydrogens is 456 g/mol. The molecule has 0 aliphatic heterocycles. The Bertz CT molecular complexity index is 936. The van der Waals surface area contributed by atoms with Gasteiger partial charge >= 0.3 is 0 Å². The Labute approximate surface area is 200 Å². The second-order valence-corrected chi connectivity index (χ2v) is 14.9. The van der Waals surface area contributed by atoms with Crippen LogP contribution in [0.3, 0.4) is 0 Å². The van der Waals surface area contributed by atoms with E-state index < -0.39 is 18.2 Å². The van der Waals surface area contributed by atoms with Gasteiger partial charge in [-0.15, -0.1) is 0 Å². The Morgan fingerprint density at radius 3 is 2.09 bits per heavy atom. The zero-order valence-electron chi connectivity index (χ0n) is 20.5. The first-order valence-corrected chi connectivity index (χ1v) is 15.8. The predicted molar refractivity (Wildman–Crippen MR) is 134 cm³/mol. The fourth-order valence-electron chi connectivity index (χ4n) is 3.84. The number of rotatable bonds is 15. The molecule has 0 saturated carbocycles. The third kappa shape index (κ3) is 7.84. The lowest BCUT2D eigenvalue weighted by atomic mass is 10.2. The van der Waals surface area contributed by atoms with Gasteiger partial charge in [0.1, 0.15) is 0 Å². The van der Waals surface area contributed by atoms with E-state index in [2.05, 4.69) is 20.8 Å². The van der Waals surface area contributed by atoms with Crippen molar-refractivity contribution in [3.63, 3.8) is 0 Å². The normalized spacial score (nSPS) is 13.0. The van der Waals surface area contributed by atoms with E-state index in [4.69, 9.17) is 18.6 Å². The summed E-state index contributed by atoms with van der Waals surface area (Å²) < 4.78 is 49.0.